The summed E-state index contributed by atoms with van der Waals surface area (Å²) >= 11 is 7.31. The Kier molecular flexibility index (Phi) is 6.00. The first-order valence-corrected chi connectivity index (χ1v) is 7.73. The normalized spacial score (nSPS) is 10.5. The number of hydrogen-bond donors (Lipinski definition) is 0. The van der Waals surface area contributed by atoms with Gasteiger partial charge in [-0.05, 0) is 54.1 Å². The second-order valence-corrected chi connectivity index (χ2v) is 5.95. The fraction of sp³-hybridized carbons (Fsp3) is 0. The van der Waals surface area contributed by atoms with Crippen molar-refractivity contribution in [2.45, 2.75) is 4.90 Å². The third kappa shape index (κ3) is 5.00. The summed E-state index contributed by atoms with van der Waals surface area (Å²) in [5, 5.41) is 18.3. The molecule has 0 fully saturated rings. The number of allylic oxidation sites excluding steroid dienone is 3. The van der Waals surface area contributed by atoms with Crippen LogP contribution in [-0.4, -0.2) is 0 Å². The summed E-state index contributed by atoms with van der Waals surface area (Å²) in [5.41, 5.74) is 0.791. The van der Waals surface area contributed by atoms with Crippen molar-refractivity contribution in [2.75, 3.05) is 0 Å². The van der Waals surface area contributed by atoms with E-state index < -0.39 is 0 Å². The second kappa shape index (κ2) is 8.19. The fourth-order valence-electron chi connectivity index (χ4n) is 1.69. The Balaban J connectivity index is 2.39. The molecular weight excluding hydrogens is 331 g/mol. The average Bonchev–Trinajstić information content (AvgIpc) is 2.57. The Morgan fingerprint density at radius 2 is 1.57 bits per heavy atom. The first-order valence-electron chi connectivity index (χ1n) is 6.54. The molecule has 0 amide bonds. The number of thioether (sulfide) groups is 1. The molecule has 0 N–H and O–H groups in total. The zero-order chi connectivity index (χ0) is 16.7. The smallest absolute Gasteiger partial charge is 0.129 e. The van der Waals surface area contributed by atoms with Crippen LogP contribution in [0.1, 0.15) is 5.56 Å². The Hall–Kier alpha value is -2.53. The average molecular weight is 341 g/mol. The highest BCUT2D eigenvalue weighted by molar-refractivity contribution is 8.08. The summed E-state index contributed by atoms with van der Waals surface area (Å²) in [6.45, 7) is 0. The number of nitriles is 2. The summed E-state index contributed by atoms with van der Waals surface area (Å²) in [7, 11) is 0. The number of hydrogen-bond acceptors (Lipinski definition) is 3. The Labute approximate surface area is 143 Å². The first kappa shape index (κ1) is 16.8. The lowest BCUT2D eigenvalue weighted by Crippen LogP contribution is -1.83. The van der Waals surface area contributed by atoms with Gasteiger partial charge in [-0.15, -0.1) is 0 Å². The molecule has 2 aromatic rings. The molecular formula is C18H10ClFN2S. The maximum Gasteiger partial charge on any atom is 0.129 e. The van der Waals surface area contributed by atoms with Crippen molar-refractivity contribution in [1.82, 2.24) is 0 Å². The van der Waals surface area contributed by atoms with Gasteiger partial charge in [0.05, 0.1) is 0 Å². The molecule has 0 aliphatic rings. The summed E-state index contributed by atoms with van der Waals surface area (Å²) in [4.78, 5) is 1.73. The van der Waals surface area contributed by atoms with Gasteiger partial charge < -0.3 is 0 Å². The highest BCUT2D eigenvalue weighted by atomic mass is 35.5. The first-order chi connectivity index (χ1) is 11.1. The summed E-state index contributed by atoms with van der Waals surface area (Å²) in [6, 6.07) is 16.9. The van der Waals surface area contributed by atoms with E-state index in [1.165, 1.54) is 30.0 Å². The Bertz CT molecular complexity index is 809. The summed E-state index contributed by atoms with van der Waals surface area (Å²) < 4.78 is 13.1. The van der Waals surface area contributed by atoms with Crippen LogP contribution >= 0.6 is 23.4 Å². The van der Waals surface area contributed by atoms with E-state index in [1.807, 2.05) is 24.3 Å². The van der Waals surface area contributed by atoms with Crippen LogP contribution in [0.2, 0.25) is 5.02 Å². The molecule has 0 saturated heterocycles. The SMILES string of the molecule is N#CC(C#N)=CC=C(Sc1ccc(Cl)cc1)c1ccc(F)cc1. The molecule has 0 heterocycles. The molecule has 23 heavy (non-hydrogen) atoms. The molecule has 0 atom stereocenters. The molecule has 2 rings (SSSR count). The van der Waals surface area contributed by atoms with E-state index in [0.717, 1.165) is 15.4 Å². The maximum absolute atomic E-state index is 13.1. The van der Waals surface area contributed by atoms with Crippen molar-refractivity contribution in [3.8, 4) is 12.1 Å². The standard InChI is InChI=1S/C18H10ClFN2S/c19-15-4-8-17(9-5-15)23-18(10-1-13(11-21)12-22)14-2-6-16(20)7-3-14/h1-10H. The number of halogens is 2. The van der Waals surface area contributed by atoms with Crippen molar-refractivity contribution in [2.24, 2.45) is 0 Å². The zero-order valence-electron chi connectivity index (χ0n) is 11.8. The van der Waals surface area contributed by atoms with Gasteiger partial charge in [-0.2, -0.15) is 10.5 Å². The lowest BCUT2D eigenvalue weighted by Gasteiger charge is -2.07. The number of nitrogens with zero attached hydrogens (tertiary/aromatic N) is 2. The van der Waals surface area contributed by atoms with Crippen LogP contribution in [0.15, 0.2) is 71.2 Å². The summed E-state index contributed by atoms with van der Waals surface area (Å²) in [5.74, 6) is -0.324. The van der Waals surface area contributed by atoms with Gasteiger partial charge in [0, 0.05) is 14.8 Å². The molecule has 0 aromatic heterocycles. The van der Waals surface area contributed by atoms with Gasteiger partial charge in [-0.3, -0.25) is 0 Å². The molecule has 112 valence electrons. The topological polar surface area (TPSA) is 47.6 Å². The van der Waals surface area contributed by atoms with E-state index in [2.05, 4.69) is 0 Å². The van der Waals surface area contributed by atoms with Crippen molar-refractivity contribution in [3.05, 3.63) is 82.7 Å². The van der Waals surface area contributed by atoms with E-state index in [0.29, 0.717) is 5.02 Å². The Morgan fingerprint density at radius 1 is 0.957 bits per heavy atom. The molecule has 2 aromatic carbocycles. The third-order valence-corrected chi connectivity index (χ3v) is 4.16. The summed E-state index contributed by atoms with van der Waals surface area (Å²) in [6.07, 6.45) is 3.12. The number of rotatable bonds is 4. The van der Waals surface area contributed by atoms with Gasteiger partial charge in [0.2, 0.25) is 0 Å². The van der Waals surface area contributed by atoms with Gasteiger partial charge in [-0.1, -0.05) is 35.5 Å². The molecule has 2 nitrogen and oxygen atoms in total. The molecule has 5 heteroatoms. The minimum Gasteiger partial charge on any atom is -0.207 e. The van der Waals surface area contributed by atoms with Crippen LogP contribution < -0.4 is 0 Å². The van der Waals surface area contributed by atoms with Gasteiger partial charge in [0.15, 0.2) is 0 Å². The Morgan fingerprint density at radius 3 is 2.13 bits per heavy atom. The van der Waals surface area contributed by atoms with Crippen molar-refractivity contribution in [3.63, 3.8) is 0 Å². The van der Waals surface area contributed by atoms with Crippen LogP contribution in [0.3, 0.4) is 0 Å². The molecule has 0 spiro atoms. The van der Waals surface area contributed by atoms with Crippen molar-refractivity contribution in [1.29, 1.82) is 10.5 Å². The zero-order valence-corrected chi connectivity index (χ0v) is 13.4. The van der Waals surface area contributed by atoms with Crippen LogP contribution in [0.4, 0.5) is 4.39 Å². The van der Waals surface area contributed by atoms with Crippen LogP contribution in [0, 0.1) is 28.5 Å². The van der Waals surface area contributed by atoms with Crippen molar-refractivity contribution >= 4 is 28.3 Å². The predicted molar refractivity (Wildman–Crippen MR) is 91.0 cm³/mol. The molecule has 0 aliphatic heterocycles. The minimum atomic E-state index is -0.324. The highest BCUT2D eigenvalue weighted by Gasteiger charge is 2.05. The van der Waals surface area contributed by atoms with Crippen LogP contribution in [0.25, 0.3) is 4.91 Å². The number of benzene rings is 2. The van der Waals surface area contributed by atoms with Gasteiger partial charge in [0.1, 0.15) is 23.5 Å². The molecule has 0 aliphatic carbocycles. The lowest BCUT2D eigenvalue weighted by molar-refractivity contribution is 0.628. The van der Waals surface area contributed by atoms with E-state index in [4.69, 9.17) is 22.1 Å². The molecule has 0 saturated carbocycles. The third-order valence-electron chi connectivity index (χ3n) is 2.81. The van der Waals surface area contributed by atoms with Crippen LogP contribution in [-0.2, 0) is 0 Å². The van der Waals surface area contributed by atoms with Gasteiger partial charge >= 0.3 is 0 Å². The lowest BCUT2D eigenvalue weighted by atomic mass is 10.2. The second-order valence-electron chi connectivity index (χ2n) is 4.40. The largest absolute Gasteiger partial charge is 0.207 e. The van der Waals surface area contributed by atoms with Crippen molar-refractivity contribution < 1.29 is 4.39 Å². The molecule has 0 radical (unpaired) electrons. The maximum atomic E-state index is 13.1. The minimum absolute atomic E-state index is 0.00122. The van der Waals surface area contributed by atoms with E-state index in [1.54, 1.807) is 30.3 Å². The van der Waals surface area contributed by atoms with Gasteiger partial charge in [-0.25, -0.2) is 4.39 Å². The highest BCUT2D eigenvalue weighted by Crippen LogP contribution is 2.35. The van der Waals surface area contributed by atoms with E-state index in [-0.39, 0.29) is 11.4 Å². The molecule has 0 unspecified atom stereocenters. The van der Waals surface area contributed by atoms with Crippen LogP contribution in [0.5, 0.6) is 0 Å². The molecule has 0 bridgehead atoms. The quantitative estimate of drug-likeness (QED) is 0.414. The van der Waals surface area contributed by atoms with E-state index in [9.17, 15) is 4.39 Å². The van der Waals surface area contributed by atoms with Gasteiger partial charge in [0.25, 0.3) is 0 Å². The van der Waals surface area contributed by atoms with E-state index >= 15 is 0 Å². The monoisotopic (exact) mass is 340 g/mol. The predicted octanol–water partition coefficient (Wildman–Crippen LogP) is 5.59. The fourth-order valence-corrected chi connectivity index (χ4v) is 2.73.